The highest BCUT2D eigenvalue weighted by molar-refractivity contribution is 5.61. The van der Waals surface area contributed by atoms with Crippen LogP contribution < -0.4 is 4.74 Å². The van der Waals surface area contributed by atoms with E-state index in [4.69, 9.17) is 4.74 Å². The van der Waals surface area contributed by atoms with E-state index >= 15 is 0 Å². The maximum Gasteiger partial charge on any atom is 0.240 e. The maximum absolute atomic E-state index is 10.2. The van der Waals surface area contributed by atoms with Gasteiger partial charge in [0.05, 0.1) is 12.8 Å². The molecule has 0 aliphatic heterocycles. The van der Waals surface area contributed by atoms with Crippen LogP contribution in [0.1, 0.15) is 0 Å². The van der Waals surface area contributed by atoms with Gasteiger partial charge in [0.15, 0.2) is 0 Å². The SMILES string of the molecule is COc1ccc(-n2cnnn2)cc1N=C=O. The van der Waals surface area contributed by atoms with Crippen molar-refractivity contribution in [2.45, 2.75) is 0 Å². The van der Waals surface area contributed by atoms with Gasteiger partial charge in [0, 0.05) is 0 Å². The maximum atomic E-state index is 10.2. The van der Waals surface area contributed by atoms with Crippen molar-refractivity contribution in [3.63, 3.8) is 0 Å². The Bertz CT molecular complexity index is 531. The molecule has 0 spiro atoms. The molecule has 1 aromatic heterocycles. The van der Waals surface area contributed by atoms with Gasteiger partial charge in [-0.1, -0.05) is 0 Å². The number of nitrogens with zero attached hydrogens (tertiary/aromatic N) is 5. The van der Waals surface area contributed by atoms with Gasteiger partial charge in [0.2, 0.25) is 6.08 Å². The van der Waals surface area contributed by atoms with Crippen molar-refractivity contribution in [1.82, 2.24) is 20.2 Å². The van der Waals surface area contributed by atoms with Crippen molar-refractivity contribution < 1.29 is 9.53 Å². The molecule has 0 fully saturated rings. The molecular weight excluding hydrogens is 210 g/mol. The molecule has 80 valence electrons. The fraction of sp³-hybridized carbons (Fsp3) is 0.111. The minimum atomic E-state index is 0.380. The number of tetrazole rings is 1. The average Bonchev–Trinajstić information content (AvgIpc) is 2.83. The zero-order valence-corrected chi connectivity index (χ0v) is 8.36. The Hall–Kier alpha value is -2.53. The lowest BCUT2D eigenvalue weighted by Gasteiger charge is -2.05. The first-order chi connectivity index (χ1) is 7.85. The van der Waals surface area contributed by atoms with Gasteiger partial charge in [-0.2, -0.15) is 4.99 Å². The quantitative estimate of drug-likeness (QED) is 0.556. The third-order valence-corrected chi connectivity index (χ3v) is 1.94. The topological polar surface area (TPSA) is 82.3 Å². The number of rotatable bonds is 3. The van der Waals surface area contributed by atoms with Crippen LogP contribution in [-0.4, -0.2) is 33.4 Å². The lowest BCUT2D eigenvalue weighted by molar-refractivity contribution is 0.416. The van der Waals surface area contributed by atoms with E-state index in [1.54, 1.807) is 18.2 Å². The van der Waals surface area contributed by atoms with E-state index in [1.165, 1.54) is 24.2 Å². The summed E-state index contributed by atoms with van der Waals surface area (Å²) in [4.78, 5) is 13.8. The van der Waals surface area contributed by atoms with E-state index in [-0.39, 0.29) is 0 Å². The smallest absolute Gasteiger partial charge is 0.240 e. The number of hydrogen-bond acceptors (Lipinski definition) is 6. The highest BCUT2D eigenvalue weighted by Gasteiger charge is 2.05. The third-order valence-electron chi connectivity index (χ3n) is 1.94. The predicted octanol–water partition coefficient (Wildman–Crippen LogP) is 0.638. The predicted molar refractivity (Wildman–Crippen MR) is 53.5 cm³/mol. The number of carbonyl (C=O) groups excluding carboxylic acids is 1. The van der Waals surface area contributed by atoms with Crippen LogP contribution in [0.5, 0.6) is 5.75 Å². The molecular formula is C9H7N5O2. The molecule has 0 aliphatic carbocycles. The molecule has 2 aromatic rings. The summed E-state index contributed by atoms with van der Waals surface area (Å²) in [6.07, 6.45) is 2.91. The Morgan fingerprint density at radius 2 is 2.38 bits per heavy atom. The number of ether oxygens (including phenoxy) is 1. The number of aliphatic imine (C=N–C) groups is 1. The lowest BCUT2D eigenvalue weighted by atomic mass is 10.2. The van der Waals surface area contributed by atoms with Gasteiger partial charge in [0.25, 0.3) is 0 Å². The summed E-state index contributed by atoms with van der Waals surface area (Å²) in [5.41, 5.74) is 1.06. The van der Waals surface area contributed by atoms with Gasteiger partial charge in [-0.25, -0.2) is 9.48 Å². The fourth-order valence-electron chi connectivity index (χ4n) is 1.24. The summed E-state index contributed by atoms with van der Waals surface area (Å²) in [7, 11) is 1.50. The van der Waals surface area contributed by atoms with Crippen molar-refractivity contribution >= 4 is 11.8 Å². The van der Waals surface area contributed by atoms with E-state index in [0.29, 0.717) is 17.1 Å². The second kappa shape index (κ2) is 4.33. The molecule has 7 nitrogen and oxygen atoms in total. The first kappa shape index (κ1) is 10.0. The van der Waals surface area contributed by atoms with Gasteiger partial charge in [-0.15, -0.1) is 5.10 Å². The van der Waals surface area contributed by atoms with E-state index in [0.717, 1.165) is 0 Å². The van der Waals surface area contributed by atoms with E-state index < -0.39 is 0 Å². The molecule has 0 aliphatic rings. The Morgan fingerprint density at radius 1 is 1.50 bits per heavy atom. The summed E-state index contributed by atoms with van der Waals surface area (Å²) in [6.45, 7) is 0. The summed E-state index contributed by atoms with van der Waals surface area (Å²) in [5, 5.41) is 10.7. The molecule has 1 heterocycles. The molecule has 0 bridgehead atoms. The van der Waals surface area contributed by atoms with Gasteiger partial charge in [0.1, 0.15) is 17.8 Å². The largest absolute Gasteiger partial charge is 0.494 e. The van der Waals surface area contributed by atoms with E-state index in [1.807, 2.05) is 0 Å². The molecule has 1 aromatic carbocycles. The first-order valence-electron chi connectivity index (χ1n) is 4.34. The van der Waals surface area contributed by atoms with E-state index in [2.05, 4.69) is 20.5 Å². The second-order valence-electron chi connectivity index (χ2n) is 2.81. The monoisotopic (exact) mass is 217 g/mol. The molecule has 0 atom stereocenters. The molecule has 0 saturated heterocycles. The third kappa shape index (κ3) is 1.79. The molecule has 0 unspecified atom stereocenters. The molecule has 0 amide bonds. The van der Waals surface area contributed by atoms with Crippen molar-refractivity contribution in [3.8, 4) is 11.4 Å². The van der Waals surface area contributed by atoms with Crippen LogP contribution >= 0.6 is 0 Å². The minimum absolute atomic E-state index is 0.380. The van der Waals surface area contributed by atoms with Crippen LogP contribution in [-0.2, 0) is 4.79 Å². The van der Waals surface area contributed by atoms with Crippen LogP contribution in [0.4, 0.5) is 5.69 Å². The van der Waals surface area contributed by atoms with Crippen molar-refractivity contribution in [1.29, 1.82) is 0 Å². The standard InChI is InChI=1S/C9H7N5O2/c1-16-9-3-2-7(4-8(9)10-6-15)14-5-11-12-13-14/h2-5H,1H3. The molecule has 0 N–H and O–H groups in total. The van der Waals surface area contributed by atoms with Gasteiger partial charge in [-0.3, -0.25) is 0 Å². The zero-order chi connectivity index (χ0) is 11.4. The fourth-order valence-corrected chi connectivity index (χ4v) is 1.24. The Balaban J connectivity index is 2.51. The number of methoxy groups -OCH3 is 1. The molecule has 0 saturated carbocycles. The average molecular weight is 217 g/mol. The summed E-state index contributed by atoms with van der Waals surface area (Å²) >= 11 is 0. The molecule has 0 radical (unpaired) electrons. The second-order valence-corrected chi connectivity index (χ2v) is 2.81. The zero-order valence-electron chi connectivity index (χ0n) is 8.36. The van der Waals surface area contributed by atoms with Crippen molar-refractivity contribution in [2.75, 3.05) is 7.11 Å². The lowest BCUT2D eigenvalue weighted by Crippen LogP contribution is -1.95. The highest BCUT2D eigenvalue weighted by Crippen LogP contribution is 2.28. The van der Waals surface area contributed by atoms with Crippen LogP contribution in [0.3, 0.4) is 0 Å². The van der Waals surface area contributed by atoms with Crippen LogP contribution in [0.25, 0.3) is 5.69 Å². The Morgan fingerprint density at radius 3 is 3.00 bits per heavy atom. The van der Waals surface area contributed by atoms with Crippen molar-refractivity contribution in [2.24, 2.45) is 4.99 Å². The van der Waals surface area contributed by atoms with E-state index in [9.17, 15) is 4.79 Å². The van der Waals surface area contributed by atoms with Crippen LogP contribution in [0.2, 0.25) is 0 Å². The molecule has 7 heteroatoms. The number of hydrogen-bond donors (Lipinski definition) is 0. The Labute approximate surface area is 90.4 Å². The molecule has 16 heavy (non-hydrogen) atoms. The minimum Gasteiger partial charge on any atom is -0.494 e. The molecule has 2 rings (SSSR count). The van der Waals surface area contributed by atoms with Crippen LogP contribution in [0, 0.1) is 0 Å². The normalized spacial score (nSPS) is 9.56. The summed E-state index contributed by atoms with van der Waals surface area (Å²) in [6, 6.07) is 5.05. The first-order valence-corrected chi connectivity index (χ1v) is 4.34. The highest BCUT2D eigenvalue weighted by atomic mass is 16.5. The van der Waals surface area contributed by atoms with Crippen LogP contribution in [0.15, 0.2) is 29.5 Å². The Kier molecular flexibility index (Phi) is 2.71. The van der Waals surface area contributed by atoms with Gasteiger partial charge in [-0.05, 0) is 28.6 Å². The van der Waals surface area contributed by atoms with Gasteiger partial charge < -0.3 is 4.74 Å². The van der Waals surface area contributed by atoms with Gasteiger partial charge >= 0.3 is 0 Å². The number of isocyanates is 1. The number of benzene rings is 1. The summed E-state index contributed by atoms with van der Waals surface area (Å²) in [5.74, 6) is 0.486. The van der Waals surface area contributed by atoms with Crippen molar-refractivity contribution in [3.05, 3.63) is 24.5 Å². The number of aromatic nitrogens is 4. The summed E-state index contributed by atoms with van der Waals surface area (Å²) < 4.78 is 6.48.